The van der Waals surface area contributed by atoms with Gasteiger partial charge in [-0.2, -0.15) is 0 Å². The van der Waals surface area contributed by atoms with E-state index in [0.717, 1.165) is 12.0 Å². The normalized spacial score (nSPS) is 18.2. The number of aromatic nitrogens is 1. The molecular weight excluding hydrogens is 282 g/mol. The Balaban J connectivity index is 1.68. The highest BCUT2D eigenvalue weighted by molar-refractivity contribution is 5.89. The topological polar surface area (TPSA) is 67.6 Å². The van der Waals surface area contributed by atoms with Crippen LogP contribution >= 0.6 is 0 Å². The van der Waals surface area contributed by atoms with Crippen molar-refractivity contribution in [1.82, 2.24) is 10.1 Å². The van der Waals surface area contributed by atoms with Crippen LogP contribution < -0.4 is 5.32 Å². The number of hydrogen-bond acceptors (Lipinski definition) is 4. The van der Waals surface area contributed by atoms with E-state index in [2.05, 4.69) is 10.5 Å². The van der Waals surface area contributed by atoms with Crippen LogP contribution in [0.2, 0.25) is 0 Å². The van der Waals surface area contributed by atoms with Crippen molar-refractivity contribution in [2.75, 3.05) is 25.1 Å². The largest absolute Gasteiger partial charge is 0.377 e. The number of nitrogens with one attached hydrogen (secondary N) is 1. The van der Waals surface area contributed by atoms with Gasteiger partial charge in [0.15, 0.2) is 11.6 Å². The lowest BCUT2D eigenvalue weighted by Gasteiger charge is -2.34. The van der Waals surface area contributed by atoms with E-state index in [0.29, 0.717) is 31.3 Å². The number of amides is 2. The predicted octanol–water partition coefficient (Wildman–Crippen LogP) is 2.98. The zero-order valence-corrected chi connectivity index (χ0v) is 12.5. The second-order valence-corrected chi connectivity index (χ2v) is 5.20. The van der Waals surface area contributed by atoms with E-state index in [1.165, 1.54) is 0 Å². The lowest BCUT2D eigenvalue weighted by molar-refractivity contribution is 0.0143. The molecule has 22 heavy (non-hydrogen) atoms. The molecule has 1 N–H and O–H groups in total. The van der Waals surface area contributed by atoms with Crippen LogP contribution in [0.3, 0.4) is 0 Å². The second-order valence-electron chi connectivity index (χ2n) is 5.20. The molecule has 1 aliphatic rings. The number of morpholine rings is 1. The molecule has 0 spiro atoms. The van der Waals surface area contributed by atoms with Crippen LogP contribution in [-0.4, -0.2) is 41.9 Å². The number of carbonyl (C=O) groups is 1. The van der Waals surface area contributed by atoms with Gasteiger partial charge in [0, 0.05) is 18.2 Å². The van der Waals surface area contributed by atoms with Gasteiger partial charge in [0.05, 0.1) is 19.3 Å². The number of anilines is 1. The third kappa shape index (κ3) is 3.12. The highest BCUT2D eigenvalue weighted by Crippen LogP contribution is 2.22. The molecule has 2 aromatic rings. The quantitative estimate of drug-likeness (QED) is 0.946. The molecule has 2 heterocycles. The molecule has 3 rings (SSSR count). The van der Waals surface area contributed by atoms with Gasteiger partial charge in [-0.3, -0.25) is 5.32 Å². The molecule has 1 aliphatic heterocycles. The van der Waals surface area contributed by atoms with E-state index in [1.807, 2.05) is 37.3 Å². The Labute approximate surface area is 129 Å². The Morgan fingerprint density at radius 3 is 3.00 bits per heavy atom. The summed E-state index contributed by atoms with van der Waals surface area (Å²) in [5, 5.41) is 6.71. The summed E-state index contributed by atoms with van der Waals surface area (Å²) in [5.41, 5.74) is 0.924. The SMILES string of the molecule is CCC1COCCN1C(=O)Nc1cc(-c2ccccc2)on1. The number of carbonyl (C=O) groups excluding carboxylic acids is 1. The van der Waals surface area contributed by atoms with Crippen molar-refractivity contribution in [3.63, 3.8) is 0 Å². The number of hydrogen-bond donors (Lipinski definition) is 1. The first-order chi connectivity index (χ1) is 10.8. The Morgan fingerprint density at radius 1 is 1.41 bits per heavy atom. The summed E-state index contributed by atoms with van der Waals surface area (Å²) in [7, 11) is 0. The van der Waals surface area contributed by atoms with Crippen molar-refractivity contribution in [2.45, 2.75) is 19.4 Å². The molecule has 116 valence electrons. The first-order valence-corrected chi connectivity index (χ1v) is 7.45. The molecule has 1 aromatic heterocycles. The fourth-order valence-electron chi connectivity index (χ4n) is 2.51. The van der Waals surface area contributed by atoms with Gasteiger partial charge in [0.25, 0.3) is 0 Å². The van der Waals surface area contributed by atoms with Crippen molar-refractivity contribution in [1.29, 1.82) is 0 Å². The molecule has 1 fully saturated rings. The summed E-state index contributed by atoms with van der Waals surface area (Å²) in [4.78, 5) is 14.2. The summed E-state index contributed by atoms with van der Waals surface area (Å²) < 4.78 is 10.7. The molecule has 1 aromatic carbocycles. The van der Waals surface area contributed by atoms with Crippen molar-refractivity contribution in [2.24, 2.45) is 0 Å². The van der Waals surface area contributed by atoms with Crippen LogP contribution in [0.1, 0.15) is 13.3 Å². The van der Waals surface area contributed by atoms with Crippen LogP contribution in [0.25, 0.3) is 11.3 Å². The number of benzene rings is 1. The maximum atomic E-state index is 12.4. The molecule has 6 nitrogen and oxygen atoms in total. The zero-order valence-electron chi connectivity index (χ0n) is 12.5. The average Bonchev–Trinajstić information content (AvgIpc) is 3.04. The van der Waals surface area contributed by atoms with E-state index < -0.39 is 0 Å². The molecule has 0 bridgehead atoms. The minimum absolute atomic E-state index is 0.106. The molecule has 0 radical (unpaired) electrons. The van der Waals surface area contributed by atoms with E-state index in [1.54, 1.807) is 11.0 Å². The van der Waals surface area contributed by atoms with Gasteiger partial charge in [-0.05, 0) is 6.42 Å². The lowest BCUT2D eigenvalue weighted by atomic mass is 10.2. The fourth-order valence-corrected chi connectivity index (χ4v) is 2.51. The highest BCUT2D eigenvalue weighted by Gasteiger charge is 2.26. The van der Waals surface area contributed by atoms with E-state index >= 15 is 0 Å². The first kappa shape index (κ1) is 14.6. The third-order valence-electron chi connectivity index (χ3n) is 3.76. The second kappa shape index (κ2) is 6.62. The van der Waals surface area contributed by atoms with E-state index in [4.69, 9.17) is 9.26 Å². The number of ether oxygens (including phenoxy) is 1. The number of rotatable bonds is 3. The molecular formula is C16H19N3O3. The minimum Gasteiger partial charge on any atom is -0.377 e. The summed E-state index contributed by atoms with van der Waals surface area (Å²) in [6.45, 7) is 3.78. The predicted molar refractivity (Wildman–Crippen MR) is 82.6 cm³/mol. The molecule has 1 unspecified atom stereocenters. The van der Waals surface area contributed by atoms with E-state index in [9.17, 15) is 4.79 Å². The molecule has 0 aliphatic carbocycles. The van der Waals surface area contributed by atoms with Gasteiger partial charge >= 0.3 is 6.03 Å². The molecule has 6 heteroatoms. The van der Waals surface area contributed by atoms with Gasteiger partial charge < -0.3 is 14.2 Å². The summed E-state index contributed by atoms with van der Waals surface area (Å²) in [5.74, 6) is 1.05. The van der Waals surface area contributed by atoms with Crippen molar-refractivity contribution in [3.8, 4) is 11.3 Å². The van der Waals surface area contributed by atoms with Crippen molar-refractivity contribution >= 4 is 11.8 Å². The van der Waals surface area contributed by atoms with Gasteiger partial charge in [-0.1, -0.05) is 42.4 Å². The van der Waals surface area contributed by atoms with Gasteiger partial charge in [0.1, 0.15) is 0 Å². The smallest absolute Gasteiger partial charge is 0.323 e. The standard InChI is InChI=1S/C16H19N3O3/c1-2-13-11-21-9-8-19(13)16(20)17-15-10-14(22-18-15)12-6-4-3-5-7-12/h3-7,10,13H,2,8-9,11H2,1H3,(H,17,18,20). The number of urea groups is 1. The van der Waals surface area contributed by atoms with E-state index in [-0.39, 0.29) is 12.1 Å². The summed E-state index contributed by atoms with van der Waals surface area (Å²) >= 11 is 0. The number of nitrogens with zero attached hydrogens (tertiary/aromatic N) is 2. The molecule has 1 atom stereocenters. The van der Waals surface area contributed by atoms with Crippen LogP contribution in [0.5, 0.6) is 0 Å². The first-order valence-electron chi connectivity index (χ1n) is 7.45. The Kier molecular flexibility index (Phi) is 4.39. The summed E-state index contributed by atoms with van der Waals surface area (Å²) in [6, 6.07) is 11.3. The lowest BCUT2D eigenvalue weighted by Crippen LogP contribution is -2.50. The van der Waals surface area contributed by atoms with Gasteiger partial charge in [-0.25, -0.2) is 4.79 Å². The van der Waals surface area contributed by atoms with Gasteiger partial charge in [-0.15, -0.1) is 0 Å². The highest BCUT2D eigenvalue weighted by atomic mass is 16.5. The Hall–Kier alpha value is -2.34. The Morgan fingerprint density at radius 2 is 2.23 bits per heavy atom. The van der Waals surface area contributed by atoms with Crippen molar-refractivity contribution < 1.29 is 14.1 Å². The van der Waals surface area contributed by atoms with Crippen LogP contribution in [0, 0.1) is 0 Å². The van der Waals surface area contributed by atoms with Crippen LogP contribution in [0.4, 0.5) is 10.6 Å². The summed E-state index contributed by atoms with van der Waals surface area (Å²) in [6.07, 6.45) is 0.863. The average molecular weight is 301 g/mol. The minimum atomic E-state index is -0.164. The monoisotopic (exact) mass is 301 g/mol. The third-order valence-corrected chi connectivity index (χ3v) is 3.76. The Bertz CT molecular complexity index is 627. The van der Waals surface area contributed by atoms with Crippen molar-refractivity contribution in [3.05, 3.63) is 36.4 Å². The molecule has 0 saturated carbocycles. The molecule has 1 saturated heterocycles. The van der Waals surface area contributed by atoms with Crippen LogP contribution in [0.15, 0.2) is 40.9 Å². The fraction of sp³-hybridized carbons (Fsp3) is 0.375. The maximum absolute atomic E-state index is 12.4. The maximum Gasteiger partial charge on any atom is 0.323 e. The molecule has 2 amide bonds. The van der Waals surface area contributed by atoms with Gasteiger partial charge in [0.2, 0.25) is 0 Å². The zero-order chi connectivity index (χ0) is 15.4. The van der Waals surface area contributed by atoms with Crippen LogP contribution in [-0.2, 0) is 4.74 Å².